The third-order valence-electron chi connectivity index (χ3n) is 1.61. The zero-order valence-corrected chi connectivity index (χ0v) is 6.57. The maximum absolute atomic E-state index is 11.7. The van der Waals surface area contributed by atoms with Crippen LogP contribution in [0.25, 0.3) is 0 Å². The average Bonchev–Trinajstić information content (AvgIpc) is 1.50. The molecule has 3 nitrogen and oxygen atoms in total. The lowest BCUT2D eigenvalue weighted by atomic mass is 10.3. The van der Waals surface area contributed by atoms with Crippen molar-refractivity contribution in [2.45, 2.75) is 11.7 Å². The highest BCUT2D eigenvalue weighted by Crippen LogP contribution is 2.10. The number of sulfone groups is 1. The summed E-state index contributed by atoms with van der Waals surface area (Å²) >= 11 is 0. The fourth-order valence-corrected chi connectivity index (χ4v) is 2.19. The summed E-state index contributed by atoms with van der Waals surface area (Å²) in [6.45, 7) is 0.629. The first kappa shape index (κ1) is 8.86. The molecule has 0 aromatic carbocycles. The van der Waals surface area contributed by atoms with Crippen molar-refractivity contribution >= 4 is 9.84 Å². The van der Waals surface area contributed by atoms with Crippen LogP contribution >= 0.6 is 0 Å². The molecule has 0 bridgehead atoms. The van der Waals surface area contributed by atoms with Gasteiger partial charge in [-0.15, -0.1) is 0 Å². The van der Waals surface area contributed by atoms with Crippen molar-refractivity contribution in [1.29, 1.82) is 0 Å². The van der Waals surface area contributed by atoms with E-state index < -0.39 is 27.3 Å². The van der Waals surface area contributed by atoms with Gasteiger partial charge in [0.15, 0.2) is 9.84 Å². The molecule has 6 heteroatoms. The second-order valence-electron chi connectivity index (χ2n) is 2.50. The van der Waals surface area contributed by atoms with E-state index in [1.165, 1.54) is 0 Å². The molecule has 0 unspecified atom stereocenters. The van der Waals surface area contributed by atoms with Gasteiger partial charge in [-0.3, -0.25) is 0 Å². The Hall–Kier alpha value is -0.230. The minimum absolute atomic E-state index is 0.315. The molecule has 0 aromatic heterocycles. The molecule has 0 spiro atoms. The predicted octanol–water partition coefficient (Wildman–Crippen LogP) is -0.362. The largest absolute Gasteiger partial charge is 0.314 e. The molecule has 66 valence electrons. The van der Waals surface area contributed by atoms with Gasteiger partial charge in [-0.1, -0.05) is 0 Å². The van der Waals surface area contributed by atoms with Crippen molar-refractivity contribution in [1.82, 2.24) is 5.32 Å². The molecule has 0 atom stereocenters. The molecule has 0 saturated carbocycles. The Morgan fingerprint density at radius 3 is 2.27 bits per heavy atom. The van der Waals surface area contributed by atoms with E-state index in [0.29, 0.717) is 13.1 Å². The molecular weight excluding hydrogens is 176 g/mol. The highest BCUT2D eigenvalue weighted by atomic mass is 32.2. The van der Waals surface area contributed by atoms with Gasteiger partial charge in [0.05, 0.1) is 5.25 Å². The Balaban J connectivity index is 2.52. The van der Waals surface area contributed by atoms with Crippen LogP contribution in [0.2, 0.25) is 0 Å². The number of hydrogen-bond acceptors (Lipinski definition) is 3. The number of halogens is 2. The summed E-state index contributed by atoms with van der Waals surface area (Å²) in [4.78, 5) is 0. The Bertz CT molecular complexity index is 223. The molecule has 1 N–H and O–H groups in total. The standard InChI is InChI=1S/C5H9F2NO2S/c6-5(7)3-11(9,10)4-1-8-2-4/h4-5,8H,1-3H2. The van der Waals surface area contributed by atoms with Gasteiger partial charge >= 0.3 is 0 Å². The lowest BCUT2D eigenvalue weighted by Gasteiger charge is -2.26. The first-order valence-electron chi connectivity index (χ1n) is 3.23. The summed E-state index contributed by atoms with van der Waals surface area (Å²) in [6, 6.07) is 0. The van der Waals surface area contributed by atoms with Crippen molar-refractivity contribution < 1.29 is 17.2 Å². The maximum atomic E-state index is 11.7. The molecule has 0 aliphatic carbocycles. The lowest BCUT2D eigenvalue weighted by molar-refractivity contribution is 0.173. The van der Waals surface area contributed by atoms with Crippen LogP contribution in [0.3, 0.4) is 0 Å². The number of nitrogens with one attached hydrogen (secondary N) is 1. The van der Waals surface area contributed by atoms with Crippen molar-refractivity contribution in [3.63, 3.8) is 0 Å². The second kappa shape index (κ2) is 3.02. The van der Waals surface area contributed by atoms with E-state index in [9.17, 15) is 17.2 Å². The summed E-state index contributed by atoms with van der Waals surface area (Å²) < 4.78 is 45.1. The van der Waals surface area contributed by atoms with Crippen molar-refractivity contribution in [3.8, 4) is 0 Å². The smallest absolute Gasteiger partial charge is 0.252 e. The van der Waals surface area contributed by atoms with Crippen LogP contribution in [0.5, 0.6) is 0 Å². The molecule has 1 aliphatic heterocycles. The van der Waals surface area contributed by atoms with Crippen LogP contribution < -0.4 is 5.32 Å². The van der Waals surface area contributed by atoms with E-state index in [1.54, 1.807) is 0 Å². The lowest BCUT2D eigenvalue weighted by Crippen LogP contribution is -2.52. The Labute approximate surface area is 63.7 Å². The first-order chi connectivity index (χ1) is 5.02. The van der Waals surface area contributed by atoms with Gasteiger partial charge in [-0.2, -0.15) is 0 Å². The first-order valence-corrected chi connectivity index (χ1v) is 4.94. The molecule has 1 heterocycles. The van der Waals surface area contributed by atoms with Crippen LogP contribution in [0.1, 0.15) is 0 Å². The van der Waals surface area contributed by atoms with Gasteiger partial charge in [0.25, 0.3) is 6.43 Å². The molecule has 11 heavy (non-hydrogen) atoms. The fraction of sp³-hybridized carbons (Fsp3) is 1.00. The van der Waals surface area contributed by atoms with Gasteiger partial charge in [0.2, 0.25) is 0 Å². The second-order valence-corrected chi connectivity index (χ2v) is 4.83. The van der Waals surface area contributed by atoms with E-state index in [1.807, 2.05) is 0 Å². The maximum Gasteiger partial charge on any atom is 0.252 e. The normalized spacial score (nSPS) is 20.3. The van der Waals surface area contributed by atoms with Crippen LogP contribution in [-0.2, 0) is 9.84 Å². The number of alkyl halides is 2. The summed E-state index contributed by atoms with van der Waals surface area (Å²) in [6.07, 6.45) is -2.75. The molecule has 0 amide bonds. The molecule has 0 radical (unpaired) electrons. The monoisotopic (exact) mass is 185 g/mol. The van der Waals surface area contributed by atoms with E-state index in [0.717, 1.165) is 0 Å². The molecule has 0 aromatic rings. The Morgan fingerprint density at radius 1 is 1.45 bits per heavy atom. The van der Waals surface area contributed by atoms with E-state index in [-0.39, 0.29) is 0 Å². The van der Waals surface area contributed by atoms with E-state index in [2.05, 4.69) is 5.32 Å². The molecule has 1 aliphatic rings. The topological polar surface area (TPSA) is 46.2 Å². The zero-order chi connectivity index (χ0) is 8.48. The fourth-order valence-electron chi connectivity index (χ4n) is 0.828. The Morgan fingerprint density at radius 2 is 2.00 bits per heavy atom. The molecule has 1 rings (SSSR count). The highest BCUT2D eigenvalue weighted by Gasteiger charge is 2.32. The van der Waals surface area contributed by atoms with Gasteiger partial charge in [0, 0.05) is 13.1 Å². The van der Waals surface area contributed by atoms with Crippen LogP contribution in [-0.4, -0.2) is 38.9 Å². The zero-order valence-electron chi connectivity index (χ0n) is 5.76. The SMILES string of the molecule is O=S(=O)(CC(F)F)C1CNC1. The van der Waals surface area contributed by atoms with Crippen molar-refractivity contribution in [3.05, 3.63) is 0 Å². The Kier molecular flexibility index (Phi) is 2.43. The minimum atomic E-state index is -3.54. The number of rotatable bonds is 3. The van der Waals surface area contributed by atoms with Gasteiger partial charge in [-0.05, 0) is 0 Å². The highest BCUT2D eigenvalue weighted by molar-refractivity contribution is 7.92. The van der Waals surface area contributed by atoms with Crippen molar-refractivity contribution in [2.75, 3.05) is 18.8 Å². The van der Waals surface area contributed by atoms with Crippen LogP contribution in [0.4, 0.5) is 8.78 Å². The van der Waals surface area contributed by atoms with Crippen molar-refractivity contribution in [2.24, 2.45) is 0 Å². The van der Waals surface area contributed by atoms with Gasteiger partial charge in [-0.25, -0.2) is 17.2 Å². The molecule has 1 saturated heterocycles. The molecule has 1 fully saturated rings. The minimum Gasteiger partial charge on any atom is -0.314 e. The third-order valence-corrected chi connectivity index (χ3v) is 3.68. The van der Waals surface area contributed by atoms with E-state index >= 15 is 0 Å². The quantitative estimate of drug-likeness (QED) is 0.653. The van der Waals surface area contributed by atoms with Crippen LogP contribution in [0.15, 0.2) is 0 Å². The van der Waals surface area contributed by atoms with Gasteiger partial charge < -0.3 is 5.32 Å². The summed E-state index contributed by atoms with van der Waals surface area (Å²) in [7, 11) is -3.54. The van der Waals surface area contributed by atoms with Gasteiger partial charge in [0.1, 0.15) is 5.75 Å². The molecular formula is C5H9F2NO2S. The number of hydrogen-bond donors (Lipinski definition) is 1. The van der Waals surface area contributed by atoms with Crippen LogP contribution in [0, 0.1) is 0 Å². The summed E-state index contributed by atoms with van der Waals surface area (Å²) in [5.74, 6) is -1.00. The summed E-state index contributed by atoms with van der Waals surface area (Å²) in [5.41, 5.74) is 0. The predicted molar refractivity (Wildman–Crippen MR) is 36.4 cm³/mol. The average molecular weight is 185 g/mol. The summed E-state index contributed by atoms with van der Waals surface area (Å²) in [5, 5.41) is 2.13. The third kappa shape index (κ3) is 2.10. The van der Waals surface area contributed by atoms with E-state index in [4.69, 9.17) is 0 Å².